The van der Waals surface area contributed by atoms with Gasteiger partial charge >= 0.3 is 5.97 Å². The zero-order valence-electron chi connectivity index (χ0n) is 16.5. The van der Waals surface area contributed by atoms with Crippen molar-refractivity contribution >= 4 is 17.6 Å². The molecule has 3 rings (SSSR count). The van der Waals surface area contributed by atoms with Crippen LogP contribution in [0.3, 0.4) is 0 Å². The van der Waals surface area contributed by atoms with Gasteiger partial charge < -0.3 is 15.4 Å². The zero-order chi connectivity index (χ0) is 20.6. The smallest absolute Gasteiger partial charge is 0.337 e. The van der Waals surface area contributed by atoms with Crippen molar-refractivity contribution in [3.05, 3.63) is 101 Å². The van der Waals surface area contributed by atoms with Gasteiger partial charge in [-0.05, 0) is 42.3 Å². The molecule has 0 aliphatic heterocycles. The molecule has 3 aromatic carbocycles. The van der Waals surface area contributed by atoms with Gasteiger partial charge in [-0.2, -0.15) is 0 Å². The minimum Gasteiger partial charge on any atom is -0.465 e. The van der Waals surface area contributed by atoms with E-state index in [1.54, 1.807) is 12.1 Å². The molecule has 2 N–H and O–H groups in total. The molecule has 0 saturated carbocycles. The lowest BCUT2D eigenvalue weighted by Crippen LogP contribution is -2.34. The number of amides is 1. The lowest BCUT2D eigenvalue weighted by atomic mass is 9.96. The Balaban J connectivity index is 1.78. The van der Waals surface area contributed by atoms with Crippen molar-refractivity contribution in [2.45, 2.75) is 13.0 Å². The Labute approximate surface area is 170 Å². The van der Waals surface area contributed by atoms with Gasteiger partial charge in [-0.1, -0.05) is 60.2 Å². The van der Waals surface area contributed by atoms with Crippen molar-refractivity contribution in [3.8, 4) is 0 Å². The van der Waals surface area contributed by atoms with Crippen molar-refractivity contribution in [3.63, 3.8) is 0 Å². The lowest BCUT2D eigenvalue weighted by molar-refractivity contribution is -0.119. The summed E-state index contributed by atoms with van der Waals surface area (Å²) in [5.74, 6) is -0.518. The monoisotopic (exact) mass is 388 g/mol. The molecule has 0 aliphatic rings. The number of rotatable bonds is 7. The molecule has 0 radical (unpaired) electrons. The van der Waals surface area contributed by atoms with Gasteiger partial charge in [0.05, 0.1) is 25.3 Å². The van der Waals surface area contributed by atoms with Crippen LogP contribution >= 0.6 is 0 Å². The fourth-order valence-electron chi connectivity index (χ4n) is 3.00. The number of aryl methyl sites for hydroxylation is 1. The van der Waals surface area contributed by atoms with Crippen LogP contribution in [0.25, 0.3) is 0 Å². The lowest BCUT2D eigenvalue weighted by Gasteiger charge is -2.21. The standard InChI is InChI=1S/C24H24N2O3/c1-17-8-10-18(11-9-17)23(19-12-14-20(15-13-19)24(28)29-2)26-22(27)16-25-21-6-4-3-5-7-21/h3-15,23,25H,16H2,1-2H3,(H,26,27). The maximum Gasteiger partial charge on any atom is 0.337 e. The van der Waals surface area contributed by atoms with Gasteiger partial charge in [-0.15, -0.1) is 0 Å². The predicted octanol–water partition coefficient (Wildman–Crippen LogP) is 4.10. The highest BCUT2D eigenvalue weighted by molar-refractivity contribution is 5.89. The molecule has 0 aromatic heterocycles. The van der Waals surface area contributed by atoms with Crippen molar-refractivity contribution in [1.29, 1.82) is 0 Å². The van der Waals surface area contributed by atoms with E-state index >= 15 is 0 Å². The molecule has 0 aliphatic carbocycles. The first-order valence-corrected chi connectivity index (χ1v) is 9.40. The summed E-state index contributed by atoms with van der Waals surface area (Å²) in [6.45, 7) is 2.18. The molecule has 0 spiro atoms. The van der Waals surface area contributed by atoms with Crippen molar-refractivity contribution in [2.75, 3.05) is 19.0 Å². The molecule has 0 fully saturated rings. The van der Waals surface area contributed by atoms with Gasteiger partial charge in [0, 0.05) is 5.69 Å². The summed E-state index contributed by atoms with van der Waals surface area (Å²) in [5.41, 5.74) is 4.35. The van der Waals surface area contributed by atoms with Crippen LogP contribution in [0, 0.1) is 6.92 Å². The number of carbonyl (C=O) groups excluding carboxylic acids is 2. The molecule has 0 saturated heterocycles. The fourth-order valence-corrected chi connectivity index (χ4v) is 3.00. The van der Waals surface area contributed by atoms with E-state index in [1.807, 2.05) is 73.7 Å². The number of ether oxygens (including phenoxy) is 1. The minimum atomic E-state index is -0.389. The number of carbonyl (C=O) groups is 2. The summed E-state index contributed by atoms with van der Waals surface area (Å²) in [7, 11) is 1.35. The molecule has 5 nitrogen and oxygen atoms in total. The SMILES string of the molecule is COC(=O)c1ccc(C(NC(=O)CNc2ccccc2)c2ccc(C)cc2)cc1. The molecular weight excluding hydrogens is 364 g/mol. The van der Waals surface area contributed by atoms with E-state index in [0.717, 1.165) is 22.4 Å². The predicted molar refractivity (Wildman–Crippen MR) is 114 cm³/mol. The average Bonchev–Trinajstić information content (AvgIpc) is 2.77. The fraction of sp³-hybridized carbons (Fsp3) is 0.167. The summed E-state index contributed by atoms with van der Waals surface area (Å²) >= 11 is 0. The molecule has 0 bridgehead atoms. The summed E-state index contributed by atoms with van der Waals surface area (Å²) in [4.78, 5) is 24.3. The van der Waals surface area contributed by atoms with Crippen LogP contribution < -0.4 is 10.6 Å². The second-order valence-electron chi connectivity index (χ2n) is 6.74. The van der Waals surface area contributed by atoms with E-state index < -0.39 is 0 Å². The second kappa shape index (κ2) is 9.55. The first-order chi connectivity index (χ1) is 14.1. The second-order valence-corrected chi connectivity index (χ2v) is 6.74. The number of hydrogen-bond acceptors (Lipinski definition) is 4. The average molecular weight is 388 g/mol. The molecule has 0 heterocycles. The van der Waals surface area contributed by atoms with E-state index in [1.165, 1.54) is 7.11 Å². The Bertz CT molecular complexity index is 952. The first kappa shape index (κ1) is 20.1. The normalized spacial score (nSPS) is 11.4. The Morgan fingerprint density at radius 1 is 0.862 bits per heavy atom. The van der Waals surface area contributed by atoms with Gasteiger partial charge in [0.1, 0.15) is 0 Å². The van der Waals surface area contributed by atoms with E-state index in [0.29, 0.717) is 5.56 Å². The Morgan fingerprint density at radius 3 is 2.03 bits per heavy atom. The molecule has 1 atom stereocenters. The Morgan fingerprint density at radius 2 is 1.45 bits per heavy atom. The Kier molecular flexibility index (Phi) is 6.63. The number of benzene rings is 3. The Hall–Kier alpha value is -3.60. The summed E-state index contributed by atoms with van der Waals surface area (Å²) in [6, 6.07) is 24.4. The van der Waals surface area contributed by atoms with Crippen LogP contribution in [0.5, 0.6) is 0 Å². The topological polar surface area (TPSA) is 67.4 Å². The molecule has 1 unspecified atom stereocenters. The highest BCUT2D eigenvalue weighted by Crippen LogP contribution is 2.23. The van der Waals surface area contributed by atoms with Gasteiger partial charge in [0.25, 0.3) is 0 Å². The molecule has 29 heavy (non-hydrogen) atoms. The van der Waals surface area contributed by atoms with Crippen LogP contribution in [0.15, 0.2) is 78.9 Å². The number of hydrogen-bond donors (Lipinski definition) is 2. The van der Waals surface area contributed by atoms with Gasteiger partial charge in [-0.3, -0.25) is 4.79 Å². The van der Waals surface area contributed by atoms with Gasteiger partial charge in [0.15, 0.2) is 0 Å². The van der Waals surface area contributed by atoms with Crippen LogP contribution in [-0.4, -0.2) is 25.5 Å². The highest BCUT2D eigenvalue weighted by Gasteiger charge is 2.17. The van der Waals surface area contributed by atoms with Crippen LogP contribution in [0.4, 0.5) is 5.69 Å². The van der Waals surface area contributed by atoms with Crippen LogP contribution in [-0.2, 0) is 9.53 Å². The third kappa shape index (κ3) is 5.45. The number of methoxy groups -OCH3 is 1. The van der Waals surface area contributed by atoms with Gasteiger partial charge in [0.2, 0.25) is 5.91 Å². The summed E-state index contributed by atoms with van der Waals surface area (Å²) in [5, 5.41) is 6.20. The maximum atomic E-state index is 12.6. The van der Waals surface area contributed by atoms with Crippen LogP contribution in [0.2, 0.25) is 0 Å². The number of nitrogens with one attached hydrogen (secondary N) is 2. The van der Waals surface area contributed by atoms with E-state index in [9.17, 15) is 9.59 Å². The summed E-state index contributed by atoms with van der Waals surface area (Å²) in [6.07, 6.45) is 0. The minimum absolute atomic E-state index is 0.128. The molecular formula is C24H24N2O3. The number of anilines is 1. The van der Waals surface area contributed by atoms with E-state index in [4.69, 9.17) is 4.74 Å². The summed E-state index contributed by atoms with van der Waals surface area (Å²) < 4.78 is 4.76. The van der Waals surface area contributed by atoms with E-state index in [-0.39, 0.29) is 24.5 Å². The van der Waals surface area contributed by atoms with Crippen molar-refractivity contribution in [2.24, 2.45) is 0 Å². The van der Waals surface area contributed by atoms with Gasteiger partial charge in [-0.25, -0.2) is 4.79 Å². The molecule has 148 valence electrons. The van der Waals surface area contributed by atoms with E-state index in [2.05, 4.69) is 10.6 Å². The largest absolute Gasteiger partial charge is 0.465 e. The quantitative estimate of drug-likeness (QED) is 0.598. The number of esters is 1. The van der Waals surface area contributed by atoms with Crippen molar-refractivity contribution < 1.29 is 14.3 Å². The number of para-hydroxylation sites is 1. The van der Waals surface area contributed by atoms with Crippen molar-refractivity contribution in [1.82, 2.24) is 5.32 Å². The first-order valence-electron chi connectivity index (χ1n) is 9.40. The molecule has 3 aromatic rings. The zero-order valence-corrected chi connectivity index (χ0v) is 16.5. The third-order valence-electron chi connectivity index (χ3n) is 4.61. The van der Waals surface area contributed by atoms with Crippen LogP contribution in [0.1, 0.15) is 33.1 Å². The maximum absolute atomic E-state index is 12.6. The molecule has 1 amide bonds. The highest BCUT2D eigenvalue weighted by atomic mass is 16.5. The third-order valence-corrected chi connectivity index (χ3v) is 4.61. The molecule has 5 heteroatoms.